The van der Waals surface area contributed by atoms with E-state index in [4.69, 9.17) is 13.9 Å². The first kappa shape index (κ1) is 15.2. The van der Waals surface area contributed by atoms with E-state index < -0.39 is 0 Å². The maximum atomic E-state index is 5.64. The van der Waals surface area contributed by atoms with Crippen LogP contribution in [-0.4, -0.2) is 26.4 Å². The Bertz CT molecular complexity index is 323. The number of hydrogen-bond acceptors (Lipinski definition) is 4. The van der Waals surface area contributed by atoms with E-state index >= 15 is 0 Å². The Labute approximate surface area is 110 Å². The molecule has 0 aromatic carbocycles. The number of furan rings is 1. The molecule has 0 amide bonds. The molecule has 1 aromatic rings. The minimum absolute atomic E-state index is 0.594. The maximum Gasteiger partial charge on any atom is 0.118 e. The Hall–Kier alpha value is -0.840. The molecule has 0 aliphatic carbocycles. The van der Waals surface area contributed by atoms with Crippen molar-refractivity contribution in [2.24, 2.45) is 0 Å². The first-order valence-corrected chi connectivity index (χ1v) is 6.72. The first-order chi connectivity index (χ1) is 8.77. The van der Waals surface area contributed by atoms with Crippen molar-refractivity contribution in [1.29, 1.82) is 0 Å². The summed E-state index contributed by atoms with van der Waals surface area (Å²) in [6, 6.07) is 2.06. The van der Waals surface area contributed by atoms with Gasteiger partial charge in [-0.1, -0.05) is 13.8 Å². The minimum atomic E-state index is 0.594. The molecule has 0 unspecified atom stereocenters. The molecule has 18 heavy (non-hydrogen) atoms. The van der Waals surface area contributed by atoms with E-state index in [1.54, 1.807) is 0 Å². The van der Waals surface area contributed by atoms with Gasteiger partial charge in [0.2, 0.25) is 0 Å². The molecule has 4 heteroatoms. The fraction of sp³-hybridized carbons (Fsp3) is 0.714. The molecule has 104 valence electrons. The smallest absolute Gasteiger partial charge is 0.118 e. The number of aryl methyl sites for hydroxylation is 1. The lowest BCUT2D eigenvalue weighted by Crippen LogP contribution is -2.10. The van der Waals surface area contributed by atoms with Gasteiger partial charge in [0.15, 0.2) is 0 Å². The quantitative estimate of drug-likeness (QED) is 0.653. The van der Waals surface area contributed by atoms with Crippen LogP contribution in [0.25, 0.3) is 0 Å². The molecule has 0 radical (unpaired) electrons. The lowest BCUT2D eigenvalue weighted by atomic mass is 10.2. The van der Waals surface area contributed by atoms with E-state index in [1.165, 1.54) is 0 Å². The van der Waals surface area contributed by atoms with Gasteiger partial charge >= 0.3 is 0 Å². The third-order valence-corrected chi connectivity index (χ3v) is 2.60. The standard InChI is InChI=1S/C14H25NO3/c1-4-6-16-7-8-17-11-13-9-14(10-15-5-2)18-12(13)3/h9,15H,4-8,10-11H2,1-3H3. The van der Waals surface area contributed by atoms with Crippen molar-refractivity contribution < 1.29 is 13.9 Å². The molecule has 0 spiro atoms. The summed E-state index contributed by atoms with van der Waals surface area (Å²) in [6.45, 7) is 10.6. The summed E-state index contributed by atoms with van der Waals surface area (Å²) in [5.74, 6) is 1.91. The summed E-state index contributed by atoms with van der Waals surface area (Å²) in [5.41, 5.74) is 1.12. The zero-order chi connectivity index (χ0) is 13.2. The Morgan fingerprint density at radius 2 is 1.94 bits per heavy atom. The highest BCUT2D eigenvalue weighted by atomic mass is 16.5. The van der Waals surface area contributed by atoms with Crippen molar-refractivity contribution in [3.63, 3.8) is 0 Å². The van der Waals surface area contributed by atoms with Crippen molar-refractivity contribution >= 4 is 0 Å². The molecule has 0 atom stereocenters. The van der Waals surface area contributed by atoms with Crippen molar-refractivity contribution in [2.45, 2.75) is 40.3 Å². The third-order valence-electron chi connectivity index (χ3n) is 2.60. The van der Waals surface area contributed by atoms with Crippen molar-refractivity contribution in [2.75, 3.05) is 26.4 Å². The van der Waals surface area contributed by atoms with Crippen LogP contribution in [0.15, 0.2) is 10.5 Å². The molecule has 0 saturated heterocycles. The average Bonchev–Trinajstić information content (AvgIpc) is 2.72. The van der Waals surface area contributed by atoms with Crippen LogP contribution in [0.1, 0.15) is 37.4 Å². The fourth-order valence-electron chi connectivity index (χ4n) is 1.61. The topological polar surface area (TPSA) is 43.6 Å². The fourth-order valence-corrected chi connectivity index (χ4v) is 1.61. The number of rotatable bonds is 10. The molecular weight excluding hydrogens is 230 g/mol. The average molecular weight is 255 g/mol. The van der Waals surface area contributed by atoms with Crippen LogP contribution >= 0.6 is 0 Å². The van der Waals surface area contributed by atoms with Gasteiger partial charge in [-0.25, -0.2) is 0 Å². The molecule has 1 rings (SSSR count). The van der Waals surface area contributed by atoms with Gasteiger partial charge in [0, 0.05) is 12.2 Å². The Kier molecular flexibility index (Phi) is 7.73. The predicted molar refractivity (Wildman–Crippen MR) is 71.6 cm³/mol. The normalized spacial score (nSPS) is 11.1. The Balaban J connectivity index is 2.22. The van der Waals surface area contributed by atoms with Crippen molar-refractivity contribution in [3.8, 4) is 0 Å². The lowest BCUT2D eigenvalue weighted by Gasteiger charge is -2.03. The summed E-state index contributed by atoms with van der Waals surface area (Å²) in [4.78, 5) is 0. The van der Waals surface area contributed by atoms with Gasteiger partial charge in [-0.05, 0) is 26.0 Å². The second-order valence-electron chi connectivity index (χ2n) is 4.24. The summed E-state index contributed by atoms with van der Waals surface area (Å²) in [5, 5.41) is 3.24. The predicted octanol–water partition coefficient (Wildman–Crippen LogP) is 2.64. The summed E-state index contributed by atoms with van der Waals surface area (Å²) in [7, 11) is 0. The highest BCUT2D eigenvalue weighted by Gasteiger charge is 2.06. The Morgan fingerprint density at radius 3 is 2.67 bits per heavy atom. The van der Waals surface area contributed by atoms with Crippen molar-refractivity contribution in [3.05, 3.63) is 23.2 Å². The molecule has 4 nitrogen and oxygen atoms in total. The number of hydrogen-bond donors (Lipinski definition) is 1. The highest BCUT2D eigenvalue weighted by molar-refractivity contribution is 5.19. The summed E-state index contributed by atoms with van der Waals surface area (Å²) < 4.78 is 16.5. The van der Waals surface area contributed by atoms with Gasteiger partial charge in [0.1, 0.15) is 11.5 Å². The number of nitrogens with one attached hydrogen (secondary N) is 1. The maximum absolute atomic E-state index is 5.64. The van der Waals surface area contributed by atoms with Crippen LogP contribution in [0.3, 0.4) is 0 Å². The number of ether oxygens (including phenoxy) is 2. The van der Waals surface area contributed by atoms with E-state index in [2.05, 4.69) is 25.2 Å². The highest BCUT2D eigenvalue weighted by Crippen LogP contribution is 2.15. The van der Waals surface area contributed by atoms with Crippen molar-refractivity contribution in [1.82, 2.24) is 5.32 Å². The monoisotopic (exact) mass is 255 g/mol. The minimum Gasteiger partial charge on any atom is -0.465 e. The summed E-state index contributed by atoms with van der Waals surface area (Å²) in [6.07, 6.45) is 1.05. The molecule has 0 bridgehead atoms. The lowest BCUT2D eigenvalue weighted by molar-refractivity contribution is 0.0405. The summed E-state index contributed by atoms with van der Waals surface area (Å²) >= 11 is 0. The van der Waals surface area contributed by atoms with Crippen LogP contribution in [0.5, 0.6) is 0 Å². The van der Waals surface area contributed by atoms with Gasteiger partial charge < -0.3 is 19.2 Å². The third kappa shape index (κ3) is 5.67. The van der Waals surface area contributed by atoms with Crippen LogP contribution < -0.4 is 5.32 Å². The molecule has 0 saturated carbocycles. The van der Waals surface area contributed by atoms with Gasteiger partial charge in [0.05, 0.1) is 26.4 Å². The van der Waals surface area contributed by atoms with Gasteiger partial charge in [0.25, 0.3) is 0 Å². The van der Waals surface area contributed by atoms with Gasteiger partial charge in [-0.3, -0.25) is 0 Å². The molecule has 1 aromatic heterocycles. The largest absolute Gasteiger partial charge is 0.465 e. The van der Waals surface area contributed by atoms with Gasteiger partial charge in [-0.2, -0.15) is 0 Å². The Morgan fingerprint density at radius 1 is 1.17 bits per heavy atom. The van der Waals surface area contributed by atoms with E-state index in [0.29, 0.717) is 19.8 Å². The second-order valence-corrected chi connectivity index (χ2v) is 4.24. The zero-order valence-corrected chi connectivity index (χ0v) is 11.8. The molecule has 0 aliphatic heterocycles. The molecule has 0 fully saturated rings. The molecule has 0 aliphatic rings. The van der Waals surface area contributed by atoms with E-state index in [-0.39, 0.29) is 0 Å². The molecule has 1 N–H and O–H groups in total. The van der Waals surface area contributed by atoms with Crippen LogP contribution in [-0.2, 0) is 22.6 Å². The van der Waals surface area contributed by atoms with Crippen LogP contribution in [0.2, 0.25) is 0 Å². The first-order valence-electron chi connectivity index (χ1n) is 6.72. The van der Waals surface area contributed by atoms with E-state index in [0.717, 1.165) is 43.2 Å². The zero-order valence-electron chi connectivity index (χ0n) is 11.8. The van der Waals surface area contributed by atoms with E-state index in [9.17, 15) is 0 Å². The molecular formula is C14H25NO3. The van der Waals surface area contributed by atoms with E-state index in [1.807, 2.05) is 6.92 Å². The SMILES string of the molecule is CCCOCCOCc1cc(CNCC)oc1C. The molecule has 1 heterocycles. The van der Waals surface area contributed by atoms with Gasteiger partial charge in [-0.15, -0.1) is 0 Å². The second kappa shape index (κ2) is 9.14. The van der Waals surface area contributed by atoms with Crippen LogP contribution in [0, 0.1) is 6.92 Å². The van der Waals surface area contributed by atoms with Crippen LogP contribution in [0.4, 0.5) is 0 Å².